The Kier molecular flexibility index (Phi) is 14.8. The Morgan fingerprint density at radius 3 is 1.62 bits per heavy atom. The van der Waals surface area contributed by atoms with Crippen LogP contribution < -0.4 is 0 Å². The Balaban J connectivity index is 0. The minimum atomic E-state index is -3.77. The molecule has 0 aliphatic carbocycles. The second kappa shape index (κ2) is 12.3. The number of phosphoric acid groups is 1. The quantitative estimate of drug-likeness (QED) is 0.374. The van der Waals surface area contributed by atoms with Gasteiger partial charge in [-0.15, -0.1) is 0 Å². The van der Waals surface area contributed by atoms with Crippen LogP contribution in [0.3, 0.4) is 0 Å². The standard InChI is InChI=1S/C10H23O4P.Mg.2H/c1-3-5-7-9-13-15(11,12)14-10-8-6-4-2;;;/h3-10H2,1-2H3,(H,11,12);;;. The normalized spacial score (nSPS) is 11.2. The zero-order valence-electron chi connectivity index (χ0n) is 9.78. The molecule has 0 aromatic carbocycles. The molecule has 1 N–H and O–H groups in total. The van der Waals surface area contributed by atoms with Crippen molar-refractivity contribution >= 4 is 30.9 Å². The zero-order chi connectivity index (χ0) is 11.6. The summed E-state index contributed by atoms with van der Waals surface area (Å²) < 4.78 is 20.9. The summed E-state index contributed by atoms with van der Waals surface area (Å²) in [4.78, 5) is 9.22. The molecule has 16 heavy (non-hydrogen) atoms. The van der Waals surface area contributed by atoms with Crippen molar-refractivity contribution in [3.63, 3.8) is 0 Å². The van der Waals surface area contributed by atoms with Gasteiger partial charge in [0.15, 0.2) is 0 Å². The number of hydrogen-bond donors (Lipinski definition) is 1. The van der Waals surface area contributed by atoms with Crippen molar-refractivity contribution in [2.75, 3.05) is 13.2 Å². The molecule has 0 amide bonds. The lowest BCUT2D eigenvalue weighted by Gasteiger charge is -2.11. The van der Waals surface area contributed by atoms with Gasteiger partial charge in [0.2, 0.25) is 0 Å². The van der Waals surface area contributed by atoms with E-state index in [9.17, 15) is 9.46 Å². The molecule has 0 aromatic rings. The molecule has 0 fully saturated rings. The lowest BCUT2D eigenvalue weighted by Crippen LogP contribution is -1.98. The molecule has 0 radical (unpaired) electrons. The average Bonchev–Trinajstić information content (AvgIpc) is 2.20. The van der Waals surface area contributed by atoms with Crippen molar-refractivity contribution in [3.05, 3.63) is 0 Å². The van der Waals surface area contributed by atoms with Gasteiger partial charge in [-0.1, -0.05) is 39.5 Å². The van der Waals surface area contributed by atoms with Gasteiger partial charge in [0.25, 0.3) is 0 Å². The van der Waals surface area contributed by atoms with Crippen LogP contribution in [0.25, 0.3) is 0 Å². The lowest BCUT2D eigenvalue weighted by molar-refractivity contribution is 0.145. The molecular formula is C10H25MgO4P. The summed E-state index contributed by atoms with van der Waals surface area (Å²) >= 11 is 0. The Hall–Kier alpha value is 0.876. The molecular weight excluding hydrogens is 239 g/mol. The molecule has 0 atom stereocenters. The monoisotopic (exact) mass is 264 g/mol. The second-order valence-electron chi connectivity index (χ2n) is 3.55. The predicted octanol–water partition coefficient (Wildman–Crippen LogP) is 2.58. The molecule has 0 saturated heterocycles. The molecule has 0 aliphatic heterocycles. The highest BCUT2D eigenvalue weighted by Crippen LogP contribution is 2.43. The predicted molar refractivity (Wildman–Crippen MR) is 69.3 cm³/mol. The Bertz CT molecular complexity index is 174. The van der Waals surface area contributed by atoms with Crippen LogP contribution in [0.4, 0.5) is 0 Å². The van der Waals surface area contributed by atoms with Gasteiger partial charge in [0, 0.05) is 0 Å². The van der Waals surface area contributed by atoms with Gasteiger partial charge in [0.1, 0.15) is 0 Å². The minimum absolute atomic E-state index is 0. The number of unbranched alkanes of at least 4 members (excludes halogenated alkanes) is 4. The van der Waals surface area contributed by atoms with E-state index >= 15 is 0 Å². The topological polar surface area (TPSA) is 55.8 Å². The Morgan fingerprint density at radius 1 is 0.938 bits per heavy atom. The molecule has 6 heteroatoms. The van der Waals surface area contributed by atoms with Crippen LogP contribution in [0, 0.1) is 0 Å². The first-order valence-electron chi connectivity index (χ1n) is 5.74. The summed E-state index contributed by atoms with van der Waals surface area (Å²) in [5, 5.41) is 0. The first-order valence-corrected chi connectivity index (χ1v) is 7.23. The maximum Gasteiger partial charge on any atom is 0.472 e. The van der Waals surface area contributed by atoms with E-state index in [0.29, 0.717) is 13.2 Å². The van der Waals surface area contributed by atoms with Crippen molar-refractivity contribution in [2.45, 2.75) is 52.4 Å². The summed E-state index contributed by atoms with van der Waals surface area (Å²) in [6, 6.07) is 0. The van der Waals surface area contributed by atoms with E-state index in [4.69, 9.17) is 9.05 Å². The molecule has 0 rings (SSSR count). The fourth-order valence-corrected chi connectivity index (χ4v) is 1.90. The molecule has 0 heterocycles. The van der Waals surface area contributed by atoms with Crippen molar-refractivity contribution < 1.29 is 18.5 Å². The number of phosphoric ester groups is 1. The number of hydrogen-bond acceptors (Lipinski definition) is 3. The molecule has 96 valence electrons. The van der Waals surface area contributed by atoms with Crippen LogP contribution in [0.2, 0.25) is 0 Å². The van der Waals surface area contributed by atoms with E-state index in [1.807, 2.05) is 0 Å². The molecule has 0 spiro atoms. The van der Waals surface area contributed by atoms with Crippen molar-refractivity contribution in [1.29, 1.82) is 0 Å². The van der Waals surface area contributed by atoms with E-state index < -0.39 is 7.82 Å². The highest BCUT2D eigenvalue weighted by atomic mass is 31.2. The maximum atomic E-state index is 11.3. The Morgan fingerprint density at radius 2 is 1.31 bits per heavy atom. The summed E-state index contributed by atoms with van der Waals surface area (Å²) in [5.74, 6) is 0. The van der Waals surface area contributed by atoms with Gasteiger partial charge >= 0.3 is 30.9 Å². The van der Waals surface area contributed by atoms with E-state index in [0.717, 1.165) is 38.5 Å². The summed E-state index contributed by atoms with van der Waals surface area (Å²) in [6.45, 7) is 4.74. The minimum Gasteiger partial charge on any atom is -0.302 e. The largest absolute Gasteiger partial charge is 0.472 e. The smallest absolute Gasteiger partial charge is 0.302 e. The van der Waals surface area contributed by atoms with E-state index in [2.05, 4.69) is 13.8 Å². The first kappa shape index (κ1) is 19.2. The second-order valence-corrected chi connectivity index (χ2v) is 5.00. The van der Waals surface area contributed by atoms with Gasteiger partial charge < -0.3 is 4.89 Å². The molecule has 0 bridgehead atoms. The molecule has 0 aromatic heterocycles. The van der Waals surface area contributed by atoms with Gasteiger partial charge in [-0.3, -0.25) is 9.05 Å². The van der Waals surface area contributed by atoms with Gasteiger partial charge in [0.05, 0.1) is 13.2 Å². The molecule has 0 saturated carbocycles. The molecule has 0 aliphatic rings. The summed E-state index contributed by atoms with van der Waals surface area (Å²) in [6.07, 6.45) is 5.76. The van der Waals surface area contributed by atoms with Gasteiger partial charge in [-0.05, 0) is 12.8 Å². The SMILES string of the molecule is CCCCCOP(=O)(O)OCCCCC.[MgH2]. The third-order valence-electron chi connectivity index (χ3n) is 2.00. The van der Waals surface area contributed by atoms with Gasteiger partial charge in [-0.25, -0.2) is 4.57 Å². The van der Waals surface area contributed by atoms with E-state index in [1.54, 1.807) is 0 Å². The van der Waals surface area contributed by atoms with Crippen LogP contribution in [0.1, 0.15) is 52.4 Å². The van der Waals surface area contributed by atoms with Crippen molar-refractivity contribution in [1.82, 2.24) is 0 Å². The summed E-state index contributed by atoms with van der Waals surface area (Å²) in [5.41, 5.74) is 0. The van der Waals surface area contributed by atoms with Crippen LogP contribution in [0.5, 0.6) is 0 Å². The van der Waals surface area contributed by atoms with Crippen LogP contribution in [-0.4, -0.2) is 41.2 Å². The Labute approximate surface area is 115 Å². The van der Waals surface area contributed by atoms with Crippen LogP contribution >= 0.6 is 7.82 Å². The zero-order valence-corrected chi connectivity index (χ0v) is 10.7. The molecule has 0 unspecified atom stereocenters. The lowest BCUT2D eigenvalue weighted by atomic mass is 10.3. The third kappa shape index (κ3) is 12.9. The number of rotatable bonds is 10. The third-order valence-corrected chi connectivity index (χ3v) is 3.02. The van der Waals surface area contributed by atoms with Crippen LogP contribution in [-0.2, 0) is 13.6 Å². The average molecular weight is 265 g/mol. The fourth-order valence-electron chi connectivity index (χ4n) is 1.10. The molecule has 4 nitrogen and oxygen atoms in total. The fraction of sp³-hybridized carbons (Fsp3) is 1.00. The van der Waals surface area contributed by atoms with Crippen molar-refractivity contribution in [2.24, 2.45) is 0 Å². The first-order chi connectivity index (χ1) is 7.12. The van der Waals surface area contributed by atoms with Crippen LogP contribution in [0.15, 0.2) is 0 Å². The maximum absolute atomic E-state index is 11.3. The highest BCUT2D eigenvalue weighted by Gasteiger charge is 2.19. The van der Waals surface area contributed by atoms with Crippen molar-refractivity contribution in [3.8, 4) is 0 Å². The van der Waals surface area contributed by atoms with E-state index in [-0.39, 0.29) is 23.1 Å². The summed E-state index contributed by atoms with van der Waals surface area (Å²) in [7, 11) is -3.77. The highest BCUT2D eigenvalue weighted by molar-refractivity contribution is 7.47. The van der Waals surface area contributed by atoms with Gasteiger partial charge in [-0.2, -0.15) is 0 Å². The van der Waals surface area contributed by atoms with E-state index in [1.165, 1.54) is 0 Å².